The second kappa shape index (κ2) is 9.69. The van der Waals surface area contributed by atoms with Crippen LogP contribution in [0.2, 0.25) is 0 Å². The summed E-state index contributed by atoms with van der Waals surface area (Å²) in [7, 11) is -8.04. The Morgan fingerprint density at radius 2 is 1.55 bits per heavy atom. The van der Waals surface area contributed by atoms with E-state index in [4.69, 9.17) is 14.2 Å². The maximum absolute atomic E-state index is 10.9. The van der Waals surface area contributed by atoms with Crippen LogP contribution in [-0.4, -0.2) is 61.1 Å². The van der Waals surface area contributed by atoms with E-state index in [1.807, 2.05) is 0 Å². The van der Waals surface area contributed by atoms with Gasteiger partial charge in [-0.05, 0) is 13.8 Å². The van der Waals surface area contributed by atoms with Gasteiger partial charge in [0, 0.05) is 12.1 Å². The molecule has 0 aliphatic heterocycles. The van der Waals surface area contributed by atoms with Crippen LogP contribution in [0.15, 0.2) is 24.3 Å². The monoisotopic (exact) mass is 359 g/mol. The van der Waals surface area contributed by atoms with E-state index in [-0.39, 0.29) is 17.9 Å². The zero-order chi connectivity index (χ0) is 18.1. The maximum Gasteiger partial charge on any atom is 0.268 e. The van der Waals surface area contributed by atoms with Crippen LogP contribution in [0.5, 0.6) is 0 Å². The molecule has 0 bridgehead atoms. The number of rotatable bonds is 7. The number of nitrogens with one attached hydrogen (secondary N) is 1. The Morgan fingerprint density at radius 1 is 1.09 bits per heavy atom. The van der Waals surface area contributed by atoms with Crippen LogP contribution in [0.1, 0.15) is 13.8 Å². The fourth-order valence-corrected chi connectivity index (χ4v) is 2.20. The lowest BCUT2D eigenvalue weighted by molar-refractivity contribution is -0.117. The highest BCUT2D eigenvalue weighted by Crippen LogP contribution is 1.92. The van der Waals surface area contributed by atoms with Crippen molar-refractivity contribution < 1.29 is 35.8 Å². The molecule has 0 saturated carbocycles. The van der Waals surface area contributed by atoms with E-state index in [2.05, 4.69) is 18.5 Å². The van der Waals surface area contributed by atoms with Crippen molar-refractivity contribution >= 4 is 26.1 Å². The van der Waals surface area contributed by atoms with Crippen molar-refractivity contribution in [1.29, 1.82) is 0 Å². The van der Waals surface area contributed by atoms with Crippen molar-refractivity contribution in [2.75, 3.05) is 18.1 Å². The molecule has 9 nitrogen and oxygen atoms in total. The summed E-state index contributed by atoms with van der Waals surface area (Å²) in [5.74, 6) is -1.62. The van der Waals surface area contributed by atoms with Gasteiger partial charge in [-0.2, -0.15) is 16.8 Å². The highest BCUT2D eigenvalue weighted by Gasteiger charge is 2.14. The molecule has 1 unspecified atom stereocenters. The van der Waals surface area contributed by atoms with Crippen LogP contribution in [0.3, 0.4) is 0 Å². The van der Waals surface area contributed by atoms with Gasteiger partial charge in [-0.25, -0.2) is 0 Å². The first-order valence-electron chi connectivity index (χ1n) is 5.80. The third-order valence-electron chi connectivity index (χ3n) is 1.72. The first-order valence-corrected chi connectivity index (χ1v) is 9.02. The molecule has 0 spiro atoms. The Hall–Kier alpha value is -1.27. The fourth-order valence-electron chi connectivity index (χ4n) is 0.975. The maximum atomic E-state index is 10.9. The Kier molecular flexibility index (Phi) is 10.1. The Labute approximate surface area is 130 Å². The normalized spacial score (nSPS) is 12.6. The Bertz CT molecular complexity index is 606. The first kappa shape index (κ1) is 23.0. The predicted molar refractivity (Wildman–Crippen MR) is 81.5 cm³/mol. The second-order valence-electron chi connectivity index (χ2n) is 4.58. The molecule has 0 radical (unpaired) electrons. The van der Waals surface area contributed by atoms with Crippen LogP contribution >= 0.6 is 0 Å². The SMILES string of the molecule is C=C(C)C(=O)NCC(O)CS(=O)(=O)O.C=C(C)CS(=O)(=O)O. The van der Waals surface area contributed by atoms with Gasteiger partial charge in [-0.1, -0.05) is 18.7 Å². The average molecular weight is 359 g/mol. The van der Waals surface area contributed by atoms with E-state index >= 15 is 0 Å². The van der Waals surface area contributed by atoms with Crippen LogP contribution in [0.25, 0.3) is 0 Å². The van der Waals surface area contributed by atoms with Crippen LogP contribution in [-0.2, 0) is 25.0 Å². The zero-order valence-corrected chi connectivity index (χ0v) is 13.9. The summed E-state index contributed by atoms with van der Waals surface area (Å²) in [6.07, 6.45) is -1.33. The predicted octanol–water partition coefficient (Wildman–Crippen LogP) is -0.622. The van der Waals surface area contributed by atoms with Crippen molar-refractivity contribution in [3.63, 3.8) is 0 Å². The fraction of sp³-hybridized carbons (Fsp3) is 0.545. The molecule has 0 aliphatic carbocycles. The van der Waals surface area contributed by atoms with Crippen LogP contribution < -0.4 is 5.32 Å². The highest BCUT2D eigenvalue weighted by molar-refractivity contribution is 7.86. The lowest BCUT2D eigenvalue weighted by Crippen LogP contribution is -2.36. The summed E-state index contributed by atoms with van der Waals surface area (Å²) < 4.78 is 56.9. The smallest absolute Gasteiger partial charge is 0.268 e. The van der Waals surface area contributed by atoms with Crippen molar-refractivity contribution in [3.8, 4) is 0 Å². The minimum Gasteiger partial charge on any atom is -0.390 e. The number of amides is 1. The quantitative estimate of drug-likeness (QED) is 0.266. The van der Waals surface area contributed by atoms with Crippen LogP contribution in [0, 0.1) is 0 Å². The molecule has 1 amide bonds. The Balaban J connectivity index is 0. The molecular weight excluding hydrogens is 338 g/mol. The lowest BCUT2D eigenvalue weighted by Gasteiger charge is -2.09. The zero-order valence-electron chi connectivity index (χ0n) is 12.3. The number of aliphatic hydroxyl groups excluding tert-OH is 1. The summed E-state index contributed by atoms with van der Waals surface area (Å²) >= 11 is 0. The van der Waals surface area contributed by atoms with Crippen molar-refractivity contribution in [2.24, 2.45) is 0 Å². The van der Waals surface area contributed by atoms with E-state index in [0.29, 0.717) is 5.57 Å². The molecule has 4 N–H and O–H groups in total. The molecule has 0 heterocycles. The summed E-state index contributed by atoms with van der Waals surface area (Å²) in [5, 5.41) is 11.3. The van der Waals surface area contributed by atoms with E-state index in [1.165, 1.54) is 13.8 Å². The van der Waals surface area contributed by atoms with E-state index in [0.717, 1.165) is 0 Å². The number of carbonyl (C=O) groups excluding carboxylic acids is 1. The molecule has 1 atom stereocenters. The van der Waals surface area contributed by atoms with E-state index in [9.17, 15) is 21.6 Å². The van der Waals surface area contributed by atoms with Gasteiger partial charge < -0.3 is 10.4 Å². The minimum absolute atomic E-state index is 0.245. The lowest BCUT2D eigenvalue weighted by atomic mass is 10.3. The molecule has 0 aromatic rings. The summed E-state index contributed by atoms with van der Waals surface area (Å²) in [6.45, 7) is 9.42. The van der Waals surface area contributed by atoms with Gasteiger partial charge in [-0.15, -0.1) is 0 Å². The van der Waals surface area contributed by atoms with Crippen molar-refractivity contribution in [3.05, 3.63) is 24.3 Å². The van der Waals surface area contributed by atoms with Gasteiger partial charge in [0.1, 0.15) is 5.75 Å². The molecule has 11 heteroatoms. The number of aliphatic hydroxyl groups is 1. The third-order valence-corrected chi connectivity index (χ3v) is 3.38. The largest absolute Gasteiger partial charge is 0.390 e. The molecule has 0 saturated heterocycles. The molecule has 0 fully saturated rings. The van der Waals surface area contributed by atoms with E-state index < -0.39 is 38.0 Å². The molecule has 0 aromatic heterocycles. The molecule has 22 heavy (non-hydrogen) atoms. The van der Waals surface area contributed by atoms with Crippen molar-refractivity contribution in [2.45, 2.75) is 20.0 Å². The minimum atomic E-state index is -4.22. The Morgan fingerprint density at radius 3 is 1.77 bits per heavy atom. The van der Waals surface area contributed by atoms with Crippen LogP contribution in [0.4, 0.5) is 0 Å². The van der Waals surface area contributed by atoms with Gasteiger partial charge >= 0.3 is 0 Å². The topological polar surface area (TPSA) is 158 Å². The summed E-state index contributed by atoms with van der Waals surface area (Å²) in [6, 6.07) is 0. The second-order valence-corrected chi connectivity index (χ2v) is 7.53. The van der Waals surface area contributed by atoms with Gasteiger partial charge in [0.2, 0.25) is 5.91 Å². The standard InChI is InChI=1S/C7H13NO5S.C4H8O3S/c1-5(2)7(10)8-3-6(9)4-14(11,12)13;1-4(2)3-8(5,6)7/h6,9H,1,3-4H2,2H3,(H,8,10)(H,11,12,13);1,3H2,2H3,(H,5,6,7). The van der Waals surface area contributed by atoms with Crippen molar-refractivity contribution in [1.82, 2.24) is 5.32 Å². The molecule has 0 rings (SSSR count). The summed E-state index contributed by atoms with van der Waals surface area (Å²) in [4.78, 5) is 10.9. The third kappa shape index (κ3) is 18.7. The first-order chi connectivity index (χ1) is 9.64. The average Bonchev–Trinajstić information content (AvgIpc) is 2.20. The van der Waals surface area contributed by atoms with Gasteiger partial charge in [-0.3, -0.25) is 13.9 Å². The highest BCUT2D eigenvalue weighted by atomic mass is 32.2. The number of hydrogen-bond acceptors (Lipinski definition) is 6. The molecule has 0 aliphatic rings. The molecule has 130 valence electrons. The van der Waals surface area contributed by atoms with Gasteiger partial charge in [0.05, 0.1) is 11.9 Å². The molecular formula is C11H21NO8S2. The van der Waals surface area contributed by atoms with Gasteiger partial charge in [0.15, 0.2) is 0 Å². The van der Waals surface area contributed by atoms with Gasteiger partial charge in [0.25, 0.3) is 20.2 Å². The summed E-state index contributed by atoms with van der Waals surface area (Å²) in [5.41, 5.74) is 0.691. The van der Waals surface area contributed by atoms with E-state index in [1.54, 1.807) is 0 Å². The number of hydrogen-bond donors (Lipinski definition) is 4. The molecule has 0 aromatic carbocycles. The number of carbonyl (C=O) groups is 1.